The summed E-state index contributed by atoms with van der Waals surface area (Å²) in [6, 6.07) is 12.2. The minimum absolute atomic E-state index is 0.0940. The molecule has 1 aliphatic carbocycles. The molecule has 0 bridgehead atoms. The van der Waals surface area contributed by atoms with Gasteiger partial charge in [0.25, 0.3) is 5.91 Å². The summed E-state index contributed by atoms with van der Waals surface area (Å²) in [5.74, 6) is 0.700. The van der Waals surface area contributed by atoms with Crippen molar-refractivity contribution < 1.29 is 9.53 Å². The number of aryl methyl sites for hydroxylation is 4. The summed E-state index contributed by atoms with van der Waals surface area (Å²) < 4.78 is 6.01. The number of fused-ring (bicyclic) bond motifs is 1. The Morgan fingerprint density at radius 1 is 1.04 bits per heavy atom. The van der Waals surface area contributed by atoms with E-state index in [1.54, 1.807) is 0 Å². The van der Waals surface area contributed by atoms with Crippen LogP contribution in [0.3, 0.4) is 0 Å². The van der Waals surface area contributed by atoms with Crippen LogP contribution in [0, 0.1) is 13.8 Å². The molecular weight excluding hydrogens is 310 g/mol. The van der Waals surface area contributed by atoms with Gasteiger partial charge in [0, 0.05) is 5.69 Å². The van der Waals surface area contributed by atoms with Gasteiger partial charge < -0.3 is 10.1 Å². The van der Waals surface area contributed by atoms with Crippen LogP contribution in [0.4, 0.5) is 5.69 Å². The first-order chi connectivity index (χ1) is 12.1. The average Bonchev–Trinajstić information content (AvgIpc) is 2.62. The first-order valence-electron chi connectivity index (χ1n) is 9.23. The lowest BCUT2D eigenvalue weighted by molar-refractivity contribution is -0.122. The molecule has 1 N–H and O–H groups in total. The molecule has 1 atom stereocenters. The van der Waals surface area contributed by atoms with Crippen LogP contribution in [0.2, 0.25) is 0 Å². The Morgan fingerprint density at radius 2 is 1.80 bits per heavy atom. The maximum atomic E-state index is 12.6. The van der Waals surface area contributed by atoms with Gasteiger partial charge in [0.2, 0.25) is 0 Å². The second-order valence-electron chi connectivity index (χ2n) is 6.94. The maximum absolute atomic E-state index is 12.6. The van der Waals surface area contributed by atoms with Crippen molar-refractivity contribution in [1.29, 1.82) is 0 Å². The topological polar surface area (TPSA) is 38.3 Å². The summed E-state index contributed by atoms with van der Waals surface area (Å²) in [6.45, 7) is 6.09. The summed E-state index contributed by atoms with van der Waals surface area (Å²) >= 11 is 0. The predicted octanol–water partition coefficient (Wildman–Crippen LogP) is 4.98. The minimum atomic E-state index is -0.483. The van der Waals surface area contributed by atoms with E-state index in [0.29, 0.717) is 6.42 Å². The lowest BCUT2D eigenvalue weighted by atomic mass is 9.92. The van der Waals surface area contributed by atoms with Crippen LogP contribution in [0.15, 0.2) is 36.4 Å². The van der Waals surface area contributed by atoms with Crippen molar-refractivity contribution in [1.82, 2.24) is 0 Å². The van der Waals surface area contributed by atoms with Crippen molar-refractivity contribution in [3.8, 4) is 5.75 Å². The van der Waals surface area contributed by atoms with Crippen molar-refractivity contribution in [2.24, 2.45) is 0 Å². The van der Waals surface area contributed by atoms with Crippen molar-refractivity contribution in [2.45, 2.75) is 59.0 Å². The van der Waals surface area contributed by atoms with Gasteiger partial charge in [0.15, 0.2) is 6.10 Å². The third kappa shape index (κ3) is 4.22. The number of ether oxygens (including phenoxy) is 1. The summed E-state index contributed by atoms with van der Waals surface area (Å²) in [4.78, 5) is 12.6. The van der Waals surface area contributed by atoms with Gasteiger partial charge in [-0.3, -0.25) is 4.79 Å². The molecular formula is C22H27NO2. The lowest BCUT2D eigenvalue weighted by Gasteiger charge is -2.20. The number of benzene rings is 2. The molecule has 0 saturated heterocycles. The van der Waals surface area contributed by atoms with Crippen LogP contribution in [-0.2, 0) is 17.6 Å². The fourth-order valence-electron chi connectivity index (χ4n) is 3.31. The monoisotopic (exact) mass is 337 g/mol. The molecule has 0 spiro atoms. The molecule has 0 radical (unpaired) electrons. The number of nitrogens with one attached hydrogen (secondary N) is 1. The van der Waals surface area contributed by atoms with Gasteiger partial charge in [-0.1, -0.05) is 19.1 Å². The van der Waals surface area contributed by atoms with Gasteiger partial charge in [-0.25, -0.2) is 0 Å². The first-order valence-corrected chi connectivity index (χ1v) is 9.23. The molecule has 1 amide bonds. The van der Waals surface area contributed by atoms with E-state index in [-0.39, 0.29) is 5.91 Å². The van der Waals surface area contributed by atoms with Gasteiger partial charge in [-0.2, -0.15) is 0 Å². The van der Waals surface area contributed by atoms with Gasteiger partial charge >= 0.3 is 0 Å². The van der Waals surface area contributed by atoms with E-state index in [9.17, 15) is 4.79 Å². The molecule has 132 valence electrons. The SMILES string of the molecule is CC[C@H](Oc1ccc2c(c1)CCCC2)C(=O)Nc1ccc(C)c(C)c1. The second kappa shape index (κ2) is 7.73. The van der Waals surface area contributed by atoms with Crippen LogP contribution in [0.5, 0.6) is 5.75 Å². The third-order valence-corrected chi connectivity index (χ3v) is 5.04. The largest absolute Gasteiger partial charge is 0.481 e. The highest BCUT2D eigenvalue weighted by Gasteiger charge is 2.19. The maximum Gasteiger partial charge on any atom is 0.265 e. The molecule has 1 aliphatic rings. The average molecular weight is 337 g/mol. The fourth-order valence-corrected chi connectivity index (χ4v) is 3.31. The second-order valence-corrected chi connectivity index (χ2v) is 6.94. The van der Waals surface area contributed by atoms with Crippen LogP contribution < -0.4 is 10.1 Å². The minimum Gasteiger partial charge on any atom is -0.481 e. The molecule has 0 heterocycles. The highest BCUT2D eigenvalue weighted by molar-refractivity contribution is 5.94. The Bertz CT molecular complexity index is 767. The molecule has 2 aromatic rings. The van der Waals surface area contributed by atoms with E-state index in [0.717, 1.165) is 24.3 Å². The molecule has 0 fully saturated rings. The number of anilines is 1. The van der Waals surface area contributed by atoms with Crippen LogP contribution in [0.1, 0.15) is 48.4 Å². The van der Waals surface area contributed by atoms with Gasteiger partial charge in [0.1, 0.15) is 5.75 Å². The Labute approximate surface area is 150 Å². The Hall–Kier alpha value is -2.29. The number of carbonyl (C=O) groups is 1. The van der Waals surface area contributed by atoms with Crippen LogP contribution in [-0.4, -0.2) is 12.0 Å². The third-order valence-electron chi connectivity index (χ3n) is 5.04. The lowest BCUT2D eigenvalue weighted by Crippen LogP contribution is -2.32. The molecule has 0 aliphatic heterocycles. The van der Waals surface area contributed by atoms with Crippen molar-refractivity contribution in [2.75, 3.05) is 5.32 Å². The zero-order chi connectivity index (χ0) is 17.8. The summed E-state index contributed by atoms with van der Waals surface area (Å²) in [7, 11) is 0. The number of amides is 1. The van der Waals surface area contributed by atoms with E-state index in [1.807, 2.05) is 38.1 Å². The molecule has 0 saturated carbocycles. The summed E-state index contributed by atoms with van der Waals surface area (Å²) in [6.07, 6.45) is 4.92. The van der Waals surface area contributed by atoms with E-state index in [2.05, 4.69) is 24.4 Å². The molecule has 3 rings (SSSR count). The highest BCUT2D eigenvalue weighted by Crippen LogP contribution is 2.26. The first kappa shape index (κ1) is 17.5. The van der Waals surface area contributed by atoms with Gasteiger partial charge in [0.05, 0.1) is 0 Å². The quantitative estimate of drug-likeness (QED) is 0.836. The smallest absolute Gasteiger partial charge is 0.265 e. The summed E-state index contributed by atoms with van der Waals surface area (Å²) in [5.41, 5.74) is 6.00. The van der Waals surface area contributed by atoms with E-state index < -0.39 is 6.10 Å². The van der Waals surface area contributed by atoms with Gasteiger partial charge in [-0.15, -0.1) is 0 Å². The number of hydrogen-bond donors (Lipinski definition) is 1. The normalized spacial score (nSPS) is 14.5. The van der Waals surface area contributed by atoms with E-state index in [1.165, 1.54) is 35.1 Å². The van der Waals surface area contributed by atoms with Crippen molar-refractivity contribution in [3.63, 3.8) is 0 Å². The van der Waals surface area contributed by atoms with Crippen molar-refractivity contribution in [3.05, 3.63) is 58.7 Å². The molecule has 3 nitrogen and oxygen atoms in total. The number of rotatable bonds is 5. The molecule has 25 heavy (non-hydrogen) atoms. The predicted molar refractivity (Wildman–Crippen MR) is 102 cm³/mol. The molecule has 0 unspecified atom stereocenters. The van der Waals surface area contributed by atoms with Crippen LogP contribution in [0.25, 0.3) is 0 Å². The van der Waals surface area contributed by atoms with E-state index in [4.69, 9.17) is 4.74 Å². The Morgan fingerprint density at radius 3 is 2.52 bits per heavy atom. The van der Waals surface area contributed by atoms with E-state index >= 15 is 0 Å². The Balaban J connectivity index is 1.69. The standard InChI is InChI=1S/C22H27NO2/c1-4-21(22(24)23-19-11-9-15(2)16(3)13-19)25-20-12-10-17-7-5-6-8-18(17)14-20/h9-14,21H,4-8H2,1-3H3,(H,23,24)/t21-/m0/s1. The number of carbonyl (C=O) groups excluding carboxylic acids is 1. The summed E-state index contributed by atoms with van der Waals surface area (Å²) in [5, 5.41) is 2.98. The van der Waals surface area contributed by atoms with Crippen LogP contribution >= 0.6 is 0 Å². The molecule has 0 aromatic heterocycles. The highest BCUT2D eigenvalue weighted by atomic mass is 16.5. The fraction of sp³-hybridized carbons (Fsp3) is 0.409. The zero-order valence-corrected chi connectivity index (χ0v) is 15.4. The van der Waals surface area contributed by atoms with Gasteiger partial charge in [-0.05, 0) is 92.5 Å². The van der Waals surface area contributed by atoms with Crippen molar-refractivity contribution >= 4 is 11.6 Å². The molecule has 3 heteroatoms. The Kier molecular flexibility index (Phi) is 5.42. The number of hydrogen-bond acceptors (Lipinski definition) is 2. The molecule has 2 aromatic carbocycles. The zero-order valence-electron chi connectivity index (χ0n) is 15.4.